The zero-order valence-corrected chi connectivity index (χ0v) is 12.0. The molecular formula is C14H20N2O4. The van der Waals surface area contributed by atoms with E-state index in [-0.39, 0.29) is 6.61 Å². The molecule has 6 nitrogen and oxygen atoms in total. The molecule has 20 heavy (non-hydrogen) atoms. The summed E-state index contributed by atoms with van der Waals surface area (Å²) in [4.78, 5) is 25.0. The van der Waals surface area contributed by atoms with Gasteiger partial charge in [-0.1, -0.05) is 30.3 Å². The van der Waals surface area contributed by atoms with Gasteiger partial charge in [0.05, 0.1) is 7.11 Å². The minimum absolute atomic E-state index is 0.155. The molecule has 0 spiro atoms. The van der Waals surface area contributed by atoms with Gasteiger partial charge < -0.3 is 19.7 Å². The van der Waals surface area contributed by atoms with E-state index in [4.69, 9.17) is 4.74 Å². The van der Waals surface area contributed by atoms with E-state index in [9.17, 15) is 9.59 Å². The number of methoxy groups -OCH3 is 1. The summed E-state index contributed by atoms with van der Waals surface area (Å²) in [5.74, 6) is -0.504. The summed E-state index contributed by atoms with van der Waals surface area (Å²) in [5, 5.41) is 2.49. The van der Waals surface area contributed by atoms with E-state index in [0.717, 1.165) is 5.56 Å². The number of nitrogens with one attached hydrogen (secondary N) is 1. The maximum absolute atomic E-state index is 11.7. The molecule has 1 atom stereocenters. The van der Waals surface area contributed by atoms with Crippen LogP contribution in [0.2, 0.25) is 0 Å². The van der Waals surface area contributed by atoms with Gasteiger partial charge in [-0.25, -0.2) is 9.59 Å². The predicted molar refractivity (Wildman–Crippen MR) is 74.1 cm³/mol. The highest BCUT2D eigenvalue weighted by Crippen LogP contribution is 2.01. The van der Waals surface area contributed by atoms with Crippen LogP contribution in [0.5, 0.6) is 0 Å². The molecule has 6 heteroatoms. The van der Waals surface area contributed by atoms with Crippen molar-refractivity contribution in [3.8, 4) is 0 Å². The maximum Gasteiger partial charge on any atom is 0.408 e. The summed E-state index contributed by atoms with van der Waals surface area (Å²) in [5.41, 5.74) is 0.880. The Balaban J connectivity index is 2.47. The Morgan fingerprint density at radius 2 is 1.90 bits per heavy atom. The Kier molecular flexibility index (Phi) is 6.52. The van der Waals surface area contributed by atoms with Crippen molar-refractivity contribution in [3.05, 3.63) is 35.9 Å². The smallest absolute Gasteiger partial charge is 0.408 e. The highest BCUT2D eigenvalue weighted by atomic mass is 16.6. The van der Waals surface area contributed by atoms with Gasteiger partial charge in [-0.2, -0.15) is 0 Å². The second kappa shape index (κ2) is 8.16. The number of alkyl carbamates (subject to hydrolysis) is 1. The van der Waals surface area contributed by atoms with Crippen molar-refractivity contribution < 1.29 is 19.1 Å². The minimum atomic E-state index is -0.752. The number of benzene rings is 1. The number of amides is 1. The van der Waals surface area contributed by atoms with Crippen molar-refractivity contribution in [2.45, 2.75) is 12.6 Å². The van der Waals surface area contributed by atoms with E-state index < -0.39 is 18.1 Å². The van der Waals surface area contributed by atoms with E-state index in [1.807, 2.05) is 30.3 Å². The Labute approximate surface area is 118 Å². The van der Waals surface area contributed by atoms with Gasteiger partial charge in [0, 0.05) is 6.54 Å². The second-order valence-electron chi connectivity index (χ2n) is 4.54. The number of likely N-dealkylation sites (N-methyl/N-ethyl adjacent to an activating group) is 1. The van der Waals surface area contributed by atoms with Gasteiger partial charge in [0.15, 0.2) is 0 Å². The number of carbonyl (C=O) groups excluding carboxylic acids is 2. The van der Waals surface area contributed by atoms with Crippen LogP contribution in [0.1, 0.15) is 5.56 Å². The monoisotopic (exact) mass is 280 g/mol. The van der Waals surface area contributed by atoms with Gasteiger partial charge in [0.2, 0.25) is 0 Å². The fraction of sp³-hybridized carbons (Fsp3) is 0.429. The van der Waals surface area contributed by atoms with Gasteiger partial charge in [-0.05, 0) is 19.7 Å². The third-order valence-corrected chi connectivity index (χ3v) is 2.54. The average Bonchev–Trinajstić information content (AvgIpc) is 2.44. The summed E-state index contributed by atoms with van der Waals surface area (Å²) < 4.78 is 9.70. The van der Waals surface area contributed by atoms with Crippen molar-refractivity contribution in [3.63, 3.8) is 0 Å². The van der Waals surface area contributed by atoms with E-state index in [1.54, 1.807) is 19.0 Å². The molecule has 1 N–H and O–H groups in total. The third-order valence-electron chi connectivity index (χ3n) is 2.54. The standard InChI is InChI=1S/C14H20N2O4/c1-16(2)9-12(13(17)19-3)15-14(18)20-10-11-7-5-4-6-8-11/h4-8,12H,9-10H2,1-3H3,(H,15,18). The highest BCUT2D eigenvalue weighted by Gasteiger charge is 2.22. The molecule has 0 fully saturated rings. The van der Waals surface area contributed by atoms with Crippen LogP contribution in [0.25, 0.3) is 0 Å². The molecule has 1 rings (SSSR count). The zero-order valence-electron chi connectivity index (χ0n) is 12.0. The minimum Gasteiger partial charge on any atom is -0.467 e. The van der Waals surface area contributed by atoms with Gasteiger partial charge in [-0.15, -0.1) is 0 Å². The topological polar surface area (TPSA) is 67.9 Å². The number of hydrogen-bond donors (Lipinski definition) is 1. The lowest BCUT2D eigenvalue weighted by molar-refractivity contribution is -0.143. The quantitative estimate of drug-likeness (QED) is 0.788. The lowest BCUT2D eigenvalue weighted by Crippen LogP contribution is -2.47. The first-order valence-corrected chi connectivity index (χ1v) is 6.22. The number of rotatable bonds is 6. The lowest BCUT2D eigenvalue weighted by Gasteiger charge is -2.19. The van der Waals surface area contributed by atoms with E-state index >= 15 is 0 Å². The molecule has 0 aromatic heterocycles. The molecule has 0 radical (unpaired) electrons. The molecule has 1 aromatic carbocycles. The summed E-state index contributed by atoms with van der Waals surface area (Å²) >= 11 is 0. The molecular weight excluding hydrogens is 260 g/mol. The highest BCUT2D eigenvalue weighted by molar-refractivity contribution is 5.81. The molecule has 1 aromatic rings. The molecule has 0 bridgehead atoms. The lowest BCUT2D eigenvalue weighted by atomic mass is 10.2. The van der Waals surface area contributed by atoms with Crippen molar-refractivity contribution in [1.29, 1.82) is 0 Å². The fourth-order valence-electron chi connectivity index (χ4n) is 1.59. The van der Waals surface area contributed by atoms with E-state index in [2.05, 4.69) is 10.1 Å². The van der Waals surface area contributed by atoms with Gasteiger partial charge in [0.25, 0.3) is 0 Å². The normalized spacial score (nSPS) is 11.8. The van der Waals surface area contributed by atoms with Crippen LogP contribution >= 0.6 is 0 Å². The molecule has 0 heterocycles. The van der Waals surface area contributed by atoms with Crippen LogP contribution in [0.15, 0.2) is 30.3 Å². The number of ether oxygens (including phenoxy) is 2. The van der Waals surface area contributed by atoms with Crippen molar-refractivity contribution >= 4 is 12.1 Å². The van der Waals surface area contributed by atoms with Gasteiger partial charge in [0.1, 0.15) is 12.6 Å². The Morgan fingerprint density at radius 3 is 2.45 bits per heavy atom. The van der Waals surface area contributed by atoms with Crippen LogP contribution < -0.4 is 5.32 Å². The maximum atomic E-state index is 11.7. The van der Waals surface area contributed by atoms with Crippen LogP contribution in [0.4, 0.5) is 4.79 Å². The Hall–Kier alpha value is -2.08. The molecule has 0 saturated carbocycles. The van der Waals surface area contributed by atoms with E-state index in [1.165, 1.54) is 7.11 Å². The number of hydrogen-bond acceptors (Lipinski definition) is 5. The summed E-state index contributed by atoms with van der Waals surface area (Å²) in [6, 6.07) is 8.56. The molecule has 1 unspecified atom stereocenters. The van der Waals surface area contributed by atoms with Crippen molar-refractivity contribution in [2.75, 3.05) is 27.7 Å². The first-order chi connectivity index (χ1) is 9.52. The number of carbonyl (C=O) groups is 2. The second-order valence-corrected chi connectivity index (χ2v) is 4.54. The molecule has 110 valence electrons. The average molecular weight is 280 g/mol. The molecule has 0 aliphatic carbocycles. The van der Waals surface area contributed by atoms with Crippen LogP contribution in [-0.2, 0) is 20.9 Å². The van der Waals surface area contributed by atoms with Crippen molar-refractivity contribution in [2.24, 2.45) is 0 Å². The first-order valence-electron chi connectivity index (χ1n) is 6.22. The summed E-state index contributed by atoms with van der Waals surface area (Å²) in [7, 11) is 4.88. The number of esters is 1. The molecule has 0 aliphatic heterocycles. The van der Waals surface area contributed by atoms with Crippen molar-refractivity contribution in [1.82, 2.24) is 10.2 Å². The predicted octanol–water partition coefficient (Wildman–Crippen LogP) is 1.02. The van der Waals surface area contributed by atoms with Gasteiger partial charge in [-0.3, -0.25) is 0 Å². The SMILES string of the molecule is COC(=O)C(CN(C)C)NC(=O)OCc1ccccc1. The van der Waals surface area contributed by atoms with Crippen LogP contribution in [0.3, 0.4) is 0 Å². The zero-order chi connectivity index (χ0) is 15.0. The number of nitrogens with zero attached hydrogens (tertiary/aromatic N) is 1. The largest absolute Gasteiger partial charge is 0.467 e. The summed E-state index contributed by atoms with van der Waals surface area (Å²) in [6.07, 6.45) is -0.647. The third kappa shape index (κ3) is 5.71. The summed E-state index contributed by atoms with van der Waals surface area (Å²) in [6.45, 7) is 0.496. The van der Waals surface area contributed by atoms with Crippen LogP contribution in [-0.4, -0.2) is 50.8 Å². The first kappa shape index (κ1) is 16.0. The van der Waals surface area contributed by atoms with E-state index in [0.29, 0.717) is 6.54 Å². The molecule has 0 saturated heterocycles. The molecule has 1 amide bonds. The fourth-order valence-corrected chi connectivity index (χ4v) is 1.59. The Bertz CT molecular complexity index is 434. The Morgan fingerprint density at radius 1 is 1.25 bits per heavy atom. The van der Waals surface area contributed by atoms with Crippen LogP contribution in [0, 0.1) is 0 Å². The molecule has 0 aliphatic rings. The van der Waals surface area contributed by atoms with Gasteiger partial charge >= 0.3 is 12.1 Å².